The highest BCUT2D eigenvalue weighted by molar-refractivity contribution is 4.66. The Hall–Kier alpha value is -0.160. The van der Waals surface area contributed by atoms with E-state index in [1.54, 1.807) is 0 Å². The van der Waals surface area contributed by atoms with Crippen LogP contribution >= 0.6 is 0 Å². The molecule has 0 rings (SSSR count). The van der Waals surface area contributed by atoms with Crippen LogP contribution in [-0.2, 0) is 4.74 Å². The van der Waals surface area contributed by atoms with Crippen molar-refractivity contribution in [1.29, 1.82) is 0 Å². The van der Waals surface area contributed by atoms with Gasteiger partial charge in [0.05, 0.1) is 6.61 Å². The molecule has 0 aromatic carbocycles. The molecule has 0 heterocycles. The lowest BCUT2D eigenvalue weighted by molar-refractivity contribution is -0.239. The summed E-state index contributed by atoms with van der Waals surface area (Å²) in [6, 6.07) is 0. The molecule has 4 nitrogen and oxygen atoms in total. The van der Waals surface area contributed by atoms with Crippen molar-refractivity contribution >= 4 is 0 Å². The Morgan fingerprint density at radius 2 is 2.18 bits per heavy atom. The fourth-order valence-electron chi connectivity index (χ4n) is 0.483. The summed E-state index contributed by atoms with van der Waals surface area (Å²) in [7, 11) is 0. The lowest BCUT2D eigenvalue weighted by Crippen LogP contribution is -2.40. The monoisotopic (exact) mass is 163 g/mol. The first-order valence-corrected chi connectivity index (χ1v) is 3.75. The van der Waals surface area contributed by atoms with Gasteiger partial charge in [0.25, 0.3) is 0 Å². The third-order valence-electron chi connectivity index (χ3n) is 1.52. The number of aliphatic hydroxyl groups excluding tert-OH is 1. The van der Waals surface area contributed by atoms with Gasteiger partial charge in [-0.1, -0.05) is 0 Å². The summed E-state index contributed by atoms with van der Waals surface area (Å²) in [5.74, 6) is -1.45. The van der Waals surface area contributed by atoms with E-state index in [0.29, 0.717) is 19.6 Å². The van der Waals surface area contributed by atoms with Gasteiger partial charge in [-0.3, -0.25) is 0 Å². The van der Waals surface area contributed by atoms with Crippen LogP contribution in [0.4, 0.5) is 0 Å². The Labute approximate surface area is 67.0 Å². The van der Waals surface area contributed by atoms with E-state index in [1.807, 2.05) is 0 Å². The molecule has 0 amide bonds. The molecule has 4 N–H and O–H groups in total. The van der Waals surface area contributed by atoms with Crippen LogP contribution in [-0.4, -0.2) is 35.3 Å². The number of hydrogen-bond acceptors (Lipinski definition) is 4. The zero-order valence-electron chi connectivity index (χ0n) is 7.08. The molecule has 68 valence electrons. The molecule has 0 bridgehead atoms. The fraction of sp³-hybridized carbons (Fsp3) is 1.00. The lowest BCUT2D eigenvalue weighted by Gasteiger charge is -2.26. The molecule has 1 unspecified atom stereocenters. The van der Waals surface area contributed by atoms with Crippen molar-refractivity contribution in [3.8, 4) is 0 Å². The van der Waals surface area contributed by atoms with E-state index in [4.69, 9.17) is 15.6 Å². The lowest BCUT2D eigenvalue weighted by atomic mass is 10.2. The van der Waals surface area contributed by atoms with Crippen molar-refractivity contribution in [2.45, 2.75) is 32.2 Å². The van der Waals surface area contributed by atoms with E-state index in [-0.39, 0.29) is 0 Å². The Bertz CT molecular complexity index is 104. The Balaban J connectivity index is 3.55. The van der Waals surface area contributed by atoms with E-state index >= 15 is 0 Å². The van der Waals surface area contributed by atoms with Crippen LogP contribution < -0.4 is 5.73 Å². The molecule has 0 saturated heterocycles. The molecule has 0 aliphatic carbocycles. The fourth-order valence-corrected chi connectivity index (χ4v) is 0.483. The van der Waals surface area contributed by atoms with Gasteiger partial charge in [-0.05, 0) is 26.8 Å². The van der Waals surface area contributed by atoms with Gasteiger partial charge in [0.15, 0.2) is 5.79 Å². The molecule has 4 heteroatoms. The minimum absolute atomic E-state index is 0.369. The van der Waals surface area contributed by atoms with Crippen molar-refractivity contribution < 1.29 is 14.9 Å². The van der Waals surface area contributed by atoms with E-state index < -0.39 is 11.9 Å². The van der Waals surface area contributed by atoms with Crippen LogP contribution in [0.5, 0.6) is 0 Å². The molecule has 0 aromatic heterocycles. The summed E-state index contributed by atoms with van der Waals surface area (Å²) < 4.78 is 4.96. The third-order valence-corrected chi connectivity index (χ3v) is 1.52. The summed E-state index contributed by atoms with van der Waals surface area (Å²) in [4.78, 5) is 0. The highest BCUT2D eigenvalue weighted by Gasteiger charge is 2.26. The van der Waals surface area contributed by atoms with Crippen molar-refractivity contribution in [2.24, 2.45) is 5.73 Å². The van der Waals surface area contributed by atoms with Crippen molar-refractivity contribution in [1.82, 2.24) is 0 Å². The highest BCUT2D eigenvalue weighted by atomic mass is 16.6. The number of hydrogen-bond donors (Lipinski definition) is 3. The van der Waals surface area contributed by atoms with Gasteiger partial charge in [0.1, 0.15) is 6.10 Å². The molecule has 0 aliphatic rings. The molecular weight excluding hydrogens is 146 g/mol. The van der Waals surface area contributed by atoms with E-state index in [2.05, 4.69) is 0 Å². The summed E-state index contributed by atoms with van der Waals surface area (Å²) in [6.45, 7) is 3.79. The van der Waals surface area contributed by atoms with Gasteiger partial charge in [-0.2, -0.15) is 0 Å². The van der Waals surface area contributed by atoms with Crippen LogP contribution in [0.25, 0.3) is 0 Å². The van der Waals surface area contributed by atoms with Crippen molar-refractivity contribution in [2.75, 3.05) is 13.2 Å². The van der Waals surface area contributed by atoms with Gasteiger partial charge < -0.3 is 20.7 Å². The normalized spacial score (nSPS) is 19.4. The average Bonchev–Trinajstić information content (AvgIpc) is 1.88. The topological polar surface area (TPSA) is 75.7 Å². The highest BCUT2D eigenvalue weighted by Crippen LogP contribution is 2.10. The van der Waals surface area contributed by atoms with E-state index in [9.17, 15) is 5.11 Å². The number of nitrogens with two attached hydrogens (primary N) is 1. The molecule has 2 atom stereocenters. The SMILES string of the molecule is C[C@H](O)C(C)(O)OCCCN. The first kappa shape index (κ1) is 10.8. The van der Waals surface area contributed by atoms with Crippen LogP contribution in [0.15, 0.2) is 0 Å². The number of ether oxygens (including phenoxy) is 1. The standard InChI is InChI=1S/C7H17NO3/c1-6(9)7(2,10)11-5-3-4-8/h6,9-10H,3-5,8H2,1-2H3/t6-,7?/m0/s1. The van der Waals surface area contributed by atoms with Gasteiger partial charge in [-0.25, -0.2) is 0 Å². The van der Waals surface area contributed by atoms with Crippen LogP contribution in [0.3, 0.4) is 0 Å². The van der Waals surface area contributed by atoms with Gasteiger partial charge >= 0.3 is 0 Å². The molecule has 0 radical (unpaired) electrons. The number of rotatable bonds is 5. The second-order valence-electron chi connectivity index (χ2n) is 2.72. The molecule has 0 spiro atoms. The predicted octanol–water partition coefficient (Wildman–Crippen LogP) is -0.559. The van der Waals surface area contributed by atoms with Crippen molar-refractivity contribution in [3.63, 3.8) is 0 Å². The smallest absolute Gasteiger partial charge is 0.188 e. The molecule has 0 saturated carbocycles. The summed E-state index contributed by atoms with van der Waals surface area (Å²) >= 11 is 0. The maximum absolute atomic E-state index is 9.31. The molecule has 0 fully saturated rings. The average molecular weight is 163 g/mol. The van der Waals surface area contributed by atoms with Gasteiger partial charge in [0, 0.05) is 0 Å². The molecule has 0 aromatic rings. The first-order valence-electron chi connectivity index (χ1n) is 3.75. The second kappa shape index (κ2) is 4.66. The largest absolute Gasteiger partial charge is 0.388 e. The molecular formula is C7H17NO3. The third kappa shape index (κ3) is 4.31. The Morgan fingerprint density at radius 3 is 2.55 bits per heavy atom. The summed E-state index contributed by atoms with van der Waals surface area (Å²) in [5.41, 5.74) is 5.21. The van der Waals surface area contributed by atoms with Crippen LogP contribution in [0, 0.1) is 0 Å². The first-order chi connectivity index (χ1) is 5.00. The Morgan fingerprint density at radius 1 is 1.64 bits per heavy atom. The predicted molar refractivity (Wildman–Crippen MR) is 41.9 cm³/mol. The minimum atomic E-state index is -1.45. The van der Waals surface area contributed by atoms with Crippen LogP contribution in [0.1, 0.15) is 20.3 Å². The van der Waals surface area contributed by atoms with Gasteiger partial charge in [-0.15, -0.1) is 0 Å². The zero-order chi connectivity index (χ0) is 8.91. The minimum Gasteiger partial charge on any atom is -0.388 e. The zero-order valence-corrected chi connectivity index (χ0v) is 7.08. The van der Waals surface area contributed by atoms with Crippen molar-refractivity contribution in [3.05, 3.63) is 0 Å². The van der Waals surface area contributed by atoms with Crippen LogP contribution in [0.2, 0.25) is 0 Å². The number of aliphatic hydroxyl groups is 2. The Kier molecular flexibility index (Phi) is 4.60. The quantitative estimate of drug-likeness (QED) is 0.375. The molecule has 11 heavy (non-hydrogen) atoms. The summed E-state index contributed by atoms with van der Waals surface area (Å²) in [6.07, 6.45) is -0.205. The second-order valence-corrected chi connectivity index (χ2v) is 2.72. The van der Waals surface area contributed by atoms with E-state index in [1.165, 1.54) is 13.8 Å². The maximum Gasteiger partial charge on any atom is 0.188 e. The summed E-state index contributed by atoms with van der Waals surface area (Å²) in [5, 5.41) is 18.3. The molecule has 0 aliphatic heterocycles. The van der Waals surface area contributed by atoms with Gasteiger partial charge in [0.2, 0.25) is 0 Å². The van der Waals surface area contributed by atoms with E-state index in [0.717, 1.165) is 0 Å². The maximum atomic E-state index is 9.31.